The normalized spacial score (nSPS) is 11.6. The molecule has 0 aliphatic rings. The van der Waals surface area contributed by atoms with Crippen molar-refractivity contribution in [2.24, 2.45) is 0 Å². The topological polar surface area (TPSA) is 101 Å². The maximum absolute atomic E-state index is 13.6. The van der Waals surface area contributed by atoms with Crippen LogP contribution >= 0.6 is 0 Å². The lowest BCUT2D eigenvalue weighted by Gasteiger charge is -2.08. The summed E-state index contributed by atoms with van der Waals surface area (Å²) in [7, 11) is -3.97. The summed E-state index contributed by atoms with van der Waals surface area (Å²) in [4.78, 5) is 9.50. The SMILES string of the molecule is CCNCCNS(=O)(=O)c1cc(F)c(C)c([N+](=O)[O-])c1. The van der Waals surface area contributed by atoms with Crippen molar-refractivity contribution < 1.29 is 17.7 Å². The zero-order chi connectivity index (χ0) is 15.3. The first-order valence-electron chi connectivity index (χ1n) is 5.94. The number of nitrogens with one attached hydrogen (secondary N) is 2. The van der Waals surface area contributed by atoms with Crippen molar-refractivity contribution in [2.75, 3.05) is 19.6 Å². The van der Waals surface area contributed by atoms with Crippen LogP contribution in [0.3, 0.4) is 0 Å². The standard InChI is InChI=1S/C11H16FN3O4S/c1-3-13-4-5-14-20(18,19)9-6-10(12)8(2)11(7-9)15(16)17/h6-7,13-14H,3-5H2,1-2H3. The lowest BCUT2D eigenvalue weighted by molar-refractivity contribution is -0.385. The van der Waals surface area contributed by atoms with Gasteiger partial charge in [0.25, 0.3) is 5.69 Å². The molecule has 2 N–H and O–H groups in total. The highest BCUT2D eigenvalue weighted by Gasteiger charge is 2.22. The van der Waals surface area contributed by atoms with Crippen LogP contribution in [0.2, 0.25) is 0 Å². The molecule has 1 aromatic carbocycles. The average Bonchev–Trinajstić information content (AvgIpc) is 2.37. The first-order valence-corrected chi connectivity index (χ1v) is 7.42. The summed E-state index contributed by atoms with van der Waals surface area (Å²) in [6.07, 6.45) is 0. The van der Waals surface area contributed by atoms with Gasteiger partial charge in [0.15, 0.2) is 0 Å². The van der Waals surface area contributed by atoms with Crippen LogP contribution in [-0.4, -0.2) is 33.0 Å². The molecule has 1 rings (SSSR count). The molecule has 7 nitrogen and oxygen atoms in total. The smallest absolute Gasteiger partial charge is 0.276 e. The van der Waals surface area contributed by atoms with Crippen LogP contribution < -0.4 is 10.0 Å². The van der Waals surface area contributed by atoms with Crippen molar-refractivity contribution in [3.63, 3.8) is 0 Å². The van der Waals surface area contributed by atoms with Crippen molar-refractivity contribution in [3.05, 3.63) is 33.6 Å². The number of rotatable bonds is 7. The van der Waals surface area contributed by atoms with Crippen LogP contribution in [0, 0.1) is 22.9 Å². The number of sulfonamides is 1. The molecule has 0 heterocycles. The third kappa shape index (κ3) is 3.95. The fourth-order valence-corrected chi connectivity index (χ4v) is 2.58. The quantitative estimate of drug-likeness (QED) is 0.443. The summed E-state index contributed by atoms with van der Waals surface area (Å²) >= 11 is 0. The fourth-order valence-electron chi connectivity index (χ4n) is 1.52. The second kappa shape index (κ2) is 6.73. The van der Waals surface area contributed by atoms with E-state index < -0.39 is 31.3 Å². The molecule has 0 saturated heterocycles. The van der Waals surface area contributed by atoms with E-state index in [0.29, 0.717) is 13.1 Å². The van der Waals surface area contributed by atoms with Gasteiger partial charge in [-0.25, -0.2) is 17.5 Å². The summed E-state index contributed by atoms with van der Waals surface area (Å²) in [5.41, 5.74) is -0.751. The van der Waals surface area contributed by atoms with Gasteiger partial charge in [0.2, 0.25) is 10.0 Å². The number of nitrogens with zero attached hydrogens (tertiary/aromatic N) is 1. The monoisotopic (exact) mass is 305 g/mol. The van der Waals surface area contributed by atoms with E-state index in [1.807, 2.05) is 6.92 Å². The zero-order valence-corrected chi connectivity index (χ0v) is 12.0. The highest BCUT2D eigenvalue weighted by Crippen LogP contribution is 2.25. The van der Waals surface area contributed by atoms with E-state index in [4.69, 9.17) is 0 Å². The number of halogens is 1. The Morgan fingerprint density at radius 3 is 2.55 bits per heavy atom. The van der Waals surface area contributed by atoms with E-state index in [-0.39, 0.29) is 12.1 Å². The Labute approximate surface area is 116 Å². The number of benzene rings is 1. The van der Waals surface area contributed by atoms with Gasteiger partial charge in [0, 0.05) is 19.2 Å². The first kappa shape index (κ1) is 16.5. The van der Waals surface area contributed by atoms with Gasteiger partial charge < -0.3 is 5.32 Å². The molecule has 0 bridgehead atoms. The second-order valence-electron chi connectivity index (χ2n) is 4.06. The van der Waals surface area contributed by atoms with E-state index in [2.05, 4.69) is 10.0 Å². The highest BCUT2D eigenvalue weighted by molar-refractivity contribution is 7.89. The lowest BCUT2D eigenvalue weighted by atomic mass is 10.2. The Bertz CT molecular complexity index is 604. The van der Waals surface area contributed by atoms with Crippen molar-refractivity contribution in [2.45, 2.75) is 18.7 Å². The van der Waals surface area contributed by atoms with E-state index >= 15 is 0 Å². The van der Waals surface area contributed by atoms with Gasteiger partial charge in [0.05, 0.1) is 15.4 Å². The Balaban J connectivity index is 3.04. The molecule has 0 spiro atoms. The minimum Gasteiger partial charge on any atom is -0.316 e. The van der Waals surface area contributed by atoms with Crippen LogP contribution in [0.4, 0.5) is 10.1 Å². The summed E-state index contributed by atoms with van der Waals surface area (Å²) in [6.45, 7) is 4.30. The molecule has 20 heavy (non-hydrogen) atoms. The van der Waals surface area contributed by atoms with Gasteiger partial charge in [-0.2, -0.15) is 0 Å². The molecule has 0 amide bonds. The molecular formula is C11H16FN3O4S. The highest BCUT2D eigenvalue weighted by atomic mass is 32.2. The first-order chi connectivity index (χ1) is 9.29. The molecule has 0 aliphatic heterocycles. The number of nitro groups is 1. The van der Waals surface area contributed by atoms with Crippen molar-refractivity contribution in [3.8, 4) is 0 Å². The fraction of sp³-hybridized carbons (Fsp3) is 0.455. The predicted molar refractivity (Wildman–Crippen MR) is 71.5 cm³/mol. The molecule has 112 valence electrons. The molecular weight excluding hydrogens is 289 g/mol. The molecule has 1 aromatic rings. The molecule has 0 aromatic heterocycles. The van der Waals surface area contributed by atoms with E-state index in [9.17, 15) is 22.9 Å². The van der Waals surface area contributed by atoms with Gasteiger partial charge in [-0.05, 0) is 19.5 Å². The maximum atomic E-state index is 13.6. The molecule has 0 saturated carbocycles. The number of hydrogen-bond acceptors (Lipinski definition) is 5. The Hall–Kier alpha value is -1.58. The van der Waals surface area contributed by atoms with Crippen molar-refractivity contribution in [1.29, 1.82) is 0 Å². The summed E-state index contributed by atoms with van der Waals surface area (Å²) in [6, 6.07) is 1.63. The van der Waals surface area contributed by atoms with Crippen molar-refractivity contribution in [1.82, 2.24) is 10.0 Å². The largest absolute Gasteiger partial charge is 0.316 e. The minimum atomic E-state index is -3.97. The van der Waals surface area contributed by atoms with E-state index in [1.165, 1.54) is 6.92 Å². The van der Waals surface area contributed by atoms with Gasteiger partial charge in [-0.15, -0.1) is 0 Å². The van der Waals surface area contributed by atoms with E-state index in [1.54, 1.807) is 0 Å². The minimum absolute atomic E-state index is 0.111. The van der Waals surface area contributed by atoms with Crippen LogP contribution in [0.15, 0.2) is 17.0 Å². The van der Waals surface area contributed by atoms with Crippen LogP contribution in [0.1, 0.15) is 12.5 Å². The molecule has 0 unspecified atom stereocenters. The van der Waals surface area contributed by atoms with Crippen molar-refractivity contribution >= 4 is 15.7 Å². The Morgan fingerprint density at radius 2 is 2.00 bits per heavy atom. The van der Waals surface area contributed by atoms with Gasteiger partial charge in [0.1, 0.15) is 5.82 Å². The molecule has 0 aliphatic carbocycles. The zero-order valence-electron chi connectivity index (χ0n) is 11.1. The van der Waals surface area contributed by atoms with Gasteiger partial charge >= 0.3 is 0 Å². The van der Waals surface area contributed by atoms with Crippen LogP contribution in [0.25, 0.3) is 0 Å². The number of likely N-dealkylation sites (N-methyl/N-ethyl adjacent to an activating group) is 1. The van der Waals surface area contributed by atoms with E-state index in [0.717, 1.165) is 12.1 Å². The number of hydrogen-bond donors (Lipinski definition) is 2. The number of nitro benzene ring substituents is 1. The average molecular weight is 305 g/mol. The molecule has 0 radical (unpaired) electrons. The summed E-state index contributed by atoms with van der Waals surface area (Å²) in [5, 5.41) is 13.7. The maximum Gasteiger partial charge on any atom is 0.276 e. The van der Waals surface area contributed by atoms with Crippen LogP contribution in [0.5, 0.6) is 0 Å². The third-order valence-corrected chi connectivity index (χ3v) is 4.08. The summed E-state index contributed by atoms with van der Waals surface area (Å²) < 4.78 is 39.6. The van der Waals surface area contributed by atoms with Crippen LogP contribution in [-0.2, 0) is 10.0 Å². The third-order valence-electron chi connectivity index (χ3n) is 2.64. The molecule has 9 heteroatoms. The molecule has 0 atom stereocenters. The molecule has 0 fully saturated rings. The Morgan fingerprint density at radius 1 is 1.35 bits per heavy atom. The van der Waals surface area contributed by atoms with Gasteiger partial charge in [-0.1, -0.05) is 6.92 Å². The Kier molecular flexibility index (Phi) is 5.54. The van der Waals surface area contributed by atoms with Gasteiger partial charge in [-0.3, -0.25) is 10.1 Å². The summed E-state index contributed by atoms with van der Waals surface area (Å²) in [5.74, 6) is -0.925. The second-order valence-corrected chi connectivity index (χ2v) is 5.82. The predicted octanol–water partition coefficient (Wildman–Crippen LogP) is 0.930. The lowest BCUT2D eigenvalue weighted by Crippen LogP contribution is -2.31.